The van der Waals surface area contributed by atoms with Gasteiger partial charge in [0.2, 0.25) is 0 Å². The van der Waals surface area contributed by atoms with Gasteiger partial charge in [0, 0.05) is 35.4 Å². The van der Waals surface area contributed by atoms with E-state index in [2.05, 4.69) is 5.32 Å². The zero-order valence-electron chi connectivity index (χ0n) is 18.1. The molecule has 4 nitrogen and oxygen atoms in total. The summed E-state index contributed by atoms with van der Waals surface area (Å²) in [6.07, 6.45) is -4.10. The van der Waals surface area contributed by atoms with Crippen LogP contribution in [-0.4, -0.2) is 37.1 Å². The van der Waals surface area contributed by atoms with E-state index in [0.29, 0.717) is 54.7 Å². The highest BCUT2D eigenvalue weighted by Crippen LogP contribution is 2.37. The third-order valence-corrected chi connectivity index (χ3v) is 5.70. The molecule has 0 atom stereocenters. The minimum Gasteiger partial charge on any atom is -0.378 e. The van der Waals surface area contributed by atoms with Gasteiger partial charge in [0.25, 0.3) is 5.91 Å². The van der Waals surface area contributed by atoms with E-state index in [-0.39, 0.29) is 23.6 Å². The summed E-state index contributed by atoms with van der Waals surface area (Å²) < 4.78 is 60.1. The van der Waals surface area contributed by atoms with Crippen molar-refractivity contribution >= 4 is 28.1 Å². The van der Waals surface area contributed by atoms with E-state index >= 15 is 0 Å². The molecule has 1 aliphatic heterocycles. The Balaban J connectivity index is 1.74. The van der Waals surface area contributed by atoms with Crippen molar-refractivity contribution in [3.63, 3.8) is 0 Å². The largest absolute Gasteiger partial charge is 0.419 e. The number of ether oxygens (including phenoxy) is 1. The van der Waals surface area contributed by atoms with Crippen molar-refractivity contribution in [3.8, 4) is 0 Å². The average Bonchev–Trinajstić information content (AvgIpc) is 2.81. The van der Waals surface area contributed by atoms with Gasteiger partial charge in [-0.3, -0.25) is 4.79 Å². The second-order valence-electron chi connectivity index (χ2n) is 7.98. The molecule has 174 valence electrons. The number of alkyl halides is 3. The Labute approximate surface area is 189 Å². The molecule has 0 radical (unpaired) electrons. The Kier molecular flexibility index (Phi) is 6.56. The van der Waals surface area contributed by atoms with Gasteiger partial charge >= 0.3 is 6.18 Å². The lowest BCUT2D eigenvalue weighted by Gasteiger charge is -2.27. The van der Waals surface area contributed by atoms with Gasteiger partial charge in [0.15, 0.2) is 0 Å². The fraction of sp³-hybridized carbons (Fsp3) is 0.320. The second-order valence-corrected chi connectivity index (χ2v) is 7.98. The van der Waals surface area contributed by atoms with Gasteiger partial charge in [-0.1, -0.05) is 37.6 Å². The van der Waals surface area contributed by atoms with Crippen LogP contribution in [0.1, 0.15) is 34.8 Å². The number of aryl methyl sites for hydroxylation is 1. The molecule has 1 aliphatic rings. The number of fused-ring (bicyclic) bond motifs is 1. The fourth-order valence-corrected chi connectivity index (χ4v) is 4.10. The minimum atomic E-state index is -4.80. The van der Waals surface area contributed by atoms with Crippen LogP contribution in [0.2, 0.25) is 0 Å². The van der Waals surface area contributed by atoms with Gasteiger partial charge in [0.05, 0.1) is 18.8 Å². The molecule has 3 aromatic rings. The molecular weight excluding hydrogens is 436 g/mol. The van der Waals surface area contributed by atoms with Gasteiger partial charge in [-0.15, -0.1) is 0 Å². The Morgan fingerprint density at radius 1 is 1.06 bits per heavy atom. The standard InChI is InChI=1S/C25H24F4N2O2/c1-2-5-16-14-17(15-21(23(16)26)25(27,28)29)30-22-9-8-20(18-6-3-4-7-19(18)22)24(32)31-10-12-33-13-11-31/h3-4,6-9,14-15,30H,2,5,10-13H2,1H3. The number of halogens is 4. The Hall–Kier alpha value is -3.13. The van der Waals surface area contributed by atoms with Crippen molar-refractivity contribution in [2.45, 2.75) is 25.9 Å². The Morgan fingerprint density at radius 2 is 1.76 bits per heavy atom. The molecule has 1 N–H and O–H groups in total. The maximum Gasteiger partial charge on any atom is 0.419 e. The number of hydrogen-bond donors (Lipinski definition) is 1. The smallest absolute Gasteiger partial charge is 0.378 e. The van der Waals surface area contributed by atoms with E-state index in [9.17, 15) is 22.4 Å². The molecule has 1 heterocycles. The van der Waals surface area contributed by atoms with Crippen molar-refractivity contribution in [1.82, 2.24) is 4.90 Å². The average molecular weight is 460 g/mol. The zero-order valence-corrected chi connectivity index (χ0v) is 18.1. The molecule has 4 rings (SSSR count). The summed E-state index contributed by atoms with van der Waals surface area (Å²) in [5.74, 6) is -1.35. The van der Waals surface area contributed by atoms with Crippen LogP contribution >= 0.6 is 0 Å². The first-order valence-corrected chi connectivity index (χ1v) is 10.8. The number of carbonyl (C=O) groups excluding carboxylic acids is 1. The Bertz CT molecular complexity index is 1170. The number of nitrogens with one attached hydrogen (secondary N) is 1. The molecule has 0 saturated carbocycles. The van der Waals surface area contributed by atoms with Crippen molar-refractivity contribution < 1.29 is 27.1 Å². The number of morpholine rings is 1. The van der Waals surface area contributed by atoms with Gasteiger partial charge in [-0.2, -0.15) is 13.2 Å². The summed E-state index contributed by atoms with van der Waals surface area (Å²) in [4.78, 5) is 14.8. The van der Waals surface area contributed by atoms with Crippen LogP contribution < -0.4 is 5.32 Å². The number of benzene rings is 3. The number of nitrogens with zero attached hydrogens (tertiary/aromatic N) is 1. The van der Waals surface area contributed by atoms with Crippen LogP contribution in [0, 0.1) is 5.82 Å². The van der Waals surface area contributed by atoms with Crippen LogP contribution in [-0.2, 0) is 17.3 Å². The summed E-state index contributed by atoms with van der Waals surface area (Å²) in [7, 11) is 0. The number of amides is 1. The normalized spacial score (nSPS) is 14.5. The topological polar surface area (TPSA) is 41.6 Å². The van der Waals surface area contributed by atoms with Crippen LogP contribution in [0.3, 0.4) is 0 Å². The molecule has 1 amide bonds. The quantitative estimate of drug-likeness (QED) is 0.463. The molecule has 0 spiro atoms. The molecule has 33 heavy (non-hydrogen) atoms. The summed E-state index contributed by atoms with van der Waals surface area (Å²) in [5, 5.41) is 4.39. The molecule has 0 aromatic heterocycles. The number of rotatable bonds is 5. The number of anilines is 2. The van der Waals surface area contributed by atoms with Crippen molar-refractivity contribution in [2.24, 2.45) is 0 Å². The SMILES string of the molecule is CCCc1cc(Nc2ccc(C(=O)N3CCOCC3)c3ccccc23)cc(C(F)(F)F)c1F. The van der Waals surface area contributed by atoms with Crippen molar-refractivity contribution in [2.75, 3.05) is 31.6 Å². The fourth-order valence-electron chi connectivity index (χ4n) is 4.10. The Morgan fingerprint density at radius 3 is 2.42 bits per heavy atom. The van der Waals surface area contributed by atoms with Gasteiger partial charge in [-0.05, 0) is 41.6 Å². The lowest BCUT2D eigenvalue weighted by Crippen LogP contribution is -2.40. The predicted molar refractivity (Wildman–Crippen MR) is 119 cm³/mol. The van der Waals surface area contributed by atoms with E-state index < -0.39 is 17.6 Å². The van der Waals surface area contributed by atoms with Gasteiger partial charge < -0.3 is 15.0 Å². The minimum absolute atomic E-state index is 0.0123. The van der Waals surface area contributed by atoms with Crippen molar-refractivity contribution in [1.29, 1.82) is 0 Å². The zero-order chi connectivity index (χ0) is 23.6. The van der Waals surface area contributed by atoms with E-state index in [1.54, 1.807) is 42.2 Å². The lowest BCUT2D eigenvalue weighted by atomic mass is 10.0. The first-order chi connectivity index (χ1) is 15.8. The van der Waals surface area contributed by atoms with Crippen LogP contribution in [0.4, 0.5) is 28.9 Å². The third kappa shape index (κ3) is 4.80. The van der Waals surface area contributed by atoms with Crippen LogP contribution in [0.25, 0.3) is 10.8 Å². The van der Waals surface area contributed by atoms with E-state index in [1.165, 1.54) is 6.07 Å². The molecule has 1 saturated heterocycles. The lowest BCUT2D eigenvalue weighted by molar-refractivity contribution is -0.140. The number of carbonyl (C=O) groups is 1. The van der Waals surface area contributed by atoms with Crippen molar-refractivity contribution in [3.05, 3.63) is 71.0 Å². The van der Waals surface area contributed by atoms with Gasteiger partial charge in [-0.25, -0.2) is 4.39 Å². The molecule has 0 bridgehead atoms. The molecule has 1 fully saturated rings. The highest BCUT2D eigenvalue weighted by molar-refractivity contribution is 6.10. The highest BCUT2D eigenvalue weighted by atomic mass is 19.4. The molecule has 0 unspecified atom stereocenters. The molecule has 8 heteroatoms. The van der Waals surface area contributed by atoms with Crippen LogP contribution in [0.5, 0.6) is 0 Å². The molecule has 3 aromatic carbocycles. The monoisotopic (exact) mass is 460 g/mol. The van der Waals surface area contributed by atoms with Crippen LogP contribution in [0.15, 0.2) is 48.5 Å². The first kappa shape index (κ1) is 23.0. The molecular formula is C25H24F4N2O2. The summed E-state index contributed by atoms with van der Waals surface area (Å²) >= 11 is 0. The van der Waals surface area contributed by atoms with Gasteiger partial charge in [0.1, 0.15) is 5.82 Å². The summed E-state index contributed by atoms with van der Waals surface area (Å²) in [5.41, 5.74) is -0.0895. The highest BCUT2D eigenvalue weighted by Gasteiger charge is 2.35. The maximum atomic E-state index is 14.4. The first-order valence-electron chi connectivity index (χ1n) is 10.8. The number of hydrogen-bond acceptors (Lipinski definition) is 3. The van der Waals surface area contributed by atoms with E-state index in [0.717, 1.165) is 6.07 Å². The maximum absolute atomic E-state index is 14.4. The third-order valence-electron chi connectivity index (χ3n) is 5.70. The summed E-state index contributed by atoms with van der Waals surface area (Å²) in [6.45, 7) is 3.75. The predicted octanol–water partition coefficient (Wildman–Crippen LogP) is 6.17. The van der Waals surface area contributed by atoms with E-state index in [1.807, 2.05) is 6.07 Å². The molecule has 0 aliphatic carbocycles. The summed E-state index contributed by atoms with van der Waals surface area (Å²) in [6, 6.07) is 12.8. The van der Waals surface area contributed by atoms with E-state index in [4.69, 9.17) is 4.74 Å². The second kappa shape index (κ2) is 9.39.